The molecule has 2 rings (SSSR count). The van der Waals surface area contributed by atoms with Crippen LogP contribution in [-0.4, -0.2) is 16.6 Å². The Bertz CT molecular complexity index is 456. The fourth-order valence-corrected chi connectivity index (χ4v) is 1.51. The lowest BCUT2D eigenvalue weighted by molar-refractivity contribution is 0.317. The number of hydrogen-bond donors (Lipinski definition) is 1. The summed E-state index contributed by atoms with van der Waals surface area (Å²) in [5.74, 6) is 0.908. The van der Waals surface area contributed by atoms with Crippen LogP contribution in [0.1, 0.15) is 18.9 Å². The molecule has 94 valence electrons. The van der Waals surface area contributed by atoms with Crippen molar-refractivity contribution in [2.75, 3.05) is 11.9 Å². The van der Waals surface area contributed by atoms with Crippen LogP contribution in [0.5, 0.6) is 5.75 Å². The van der Waals surface area contributed by atoms with E-state index < -0.39 is 0 Å². The summed E-state index contributed by atoms with van der Waals surface area (Å²) in [4.78, 5) is 7.95. The van der Waals surface area contributed by atoms with E-state index >= 15 is 0 Å². The average Bonchev–Trinajstić information content (AvgIpc) is 2.45. The third kappa shape index (κ3) is 3.73. The van der Waals surface area contributed by atoms with Gasteiger partial charge in [0.1, 0.15) is 12.1 Å². The first-order valence-corrected chi connectivity index (χ1v) is 6.09. The van der Waals surface area contributed by atoms with E-state index in [0.29, 0.717) is 0 Å². The summed E-state index contributed by atoms with van der Waals surface area (Å²) in [7, 11) is 0. The van der Waals surface area contributed by atoms with Crippen LogP contribution < -0.4 is 10.1 Å². The molecule has 0 aliphatic carbocycles. The number of rotatable bonds is 6. The molecule has 1 aromatic carbocycles. The Kier molecular flexibility index (Phi) is 4.53. The summed E-state index contributed by atoms with van der Waals surface area (Å²) >= 11 is 0. The zero-order valence-electron chi connectivity index (χ0n) is 10.5. The number of nitrogens with one attached hydrogen (secondary N) is 1. The maximum Gasteiger partial charge on any atom is 0.119 e. The van der Waals surface area contributed by atoms with Gasteiger partial charge in [-0.05, 0) is 30.7 Å². The van der Waals surface area contributed by atoms with Crippen molar-refractivity contribution in [1.29, 1.82) is 0 Å². The van der Waals surface area contributed by atoms with E-state index in [9.17, 15) is 0 Å². The summed E-state index contributed by atoms with van der Waals surface area (Å²) in [5, 5.41) is 3.31. The fourth-order valence-electron chi connectivity index (χ4n) is 1.51. The van der Waals surface area contributed by atoms with E-state index in [1.807, 2.05) is 24.3 Å². The molecule has 4 heteroatoms. The number of hydrogen-bond acceptors (Lipinski definition) is 4. The molecule has 0 atom stereocenters. The maximum atomic E-state index is 5.53. The summed E-state index contributed by atoms with van der Waals surface area (Å²) in [6.07, 6.45) is 6.16. The third-order valence-corrected chi connectivity index (χ3v) is 2.44. The average molecular weight is 243 g/mol. The second-order valence-electron chi connectivity index (χ2n) is 3.97. The Balaban J connectivity index is 1.86. The van der Waals surface area contributed by atoms with Crippen LogP contribution in [0.15, 0.2) is 43.0 Å². The highest BCUT2D eigenvalue weighted by Crippen LogP contribution is 2.16. The van der Waals surface area contributed by atoms with Gasteiger partial charge in [-0.2, -0.15) is 0 Å². The van der Waals surface area contributed by atoms with Crippen LogP contribution in [0.3, 0.4) is 0 Å². The van der Waals surface area contributed by atoms with E-state index in [1.165, 1.54) is 6.33 Å². The number of benzene rings is 1. The lowest BCUT2D eigenvalue weighted by Gasteiger charge is -2.08. The Labute approximate surface area is 107 Å². The maximum absolute atomic E-state index is 5.53. The third-order valence-electron chi connectivity index (χ3n) is 2.44. The van der Waals surface area contributed by atoms with Gasteiger partial charge < -0.3 is 10.1 Å². The van der Waals surface area contributed by atoms with E-state index in [2.05, 4.69) is 22.2 Å². The standard InChI is InChI=1S/C14H17N3O/c1-2-7-18-14-5-3-13(4-6-14)17-10-12-8-15-11-16-9-12/h3-6,8-9,11,17H,2,7,10H2,1H3. The van der Waals surface area contributed by atoms with Crippen LogP contribution in [0.4, 0.5) is 5.69 Å². The Hall–Kier alpha value is -2.10. The quantitative estimate of drug-likeness (QED) is 0.847. The molecule has 0 unspecified atom stereocenters. The van der Waals surface area contributed by atoms with Crippen molar-refractivity contribution in [3.63, 3.8) is 0 Å². The summed E-state index contributed by atoms with van der Waals surface area (Å²) in [6, 6.07) is 7.96. The molecule has 1 N–H and O–H groups in total. The molecular weight excluding hydrogens is 226 g/mol. The van der Waals surface area contributed by atoms with Gasteiger partial charge in [-0.25, -0.2) is 9.97 Å². The van der Waals surface area contributed by atoms with Crippen LogP contribution in [0.25, 0.3) is 0 Å². The molecule has 0 radical (unpaired) electrons. The highest BCUT2D eigenvalue weighted by molar-refractivity contribution is 5.46. The zero-order valence-corrected chi connectivity index (χ0v) is 10.5. The zero-order chi connectivity index (χ0) is 12.6. The topological polar surface area (TPSA) is 47.0 Å². The Morgan fingerprint density at radius 3 is 2.50 bits per heavy atom. The first kappa shape index (κ1) is 12.4. The Morgan fingerprint density at radius 1 is 1.11 bits per heavy atom. The van der Waals surface area contributed by atoms with Crippen molar-refractivity contribution in [2.45, 2.75) is 19.9 Å². The van der Waals surface area contributed by atoms with Gasteiger partial charge in [0.2, 0.25) is 0 Å². The van der Waals surface area contributed by atoms with Gasteiger partial charge in [-0.3, -0.25) is 0 Å². The molecule has 0 amide bonds. The second-order valence-corrected chi connectivity index (χ2v) is 3.97. The van der Waals surface area contributed by atoms with Crippen molar-refractivity contribution in [1.82, 2.24) is 9.97 Å². The molecule has 0 spiro atoms. The van der Waals surface area contributed by atoms with E-state index in [1.54, 1.807) is 12.4 Å². The number of nitrogens with zero attached hydrogens (tertiary/aromatic N) is 2. The van der Waals surface area contributed by atoms with Crippen molar-refractivity contribution in [2.24, 2.45) is 0 Å². The number of aromatic nitrogens is 2. The first-order chi connectivity index (χ1) is 8.88. The predicted molar refractivity (Wildman–Crippen MR) is 71.6 cm³/mol. The van der Waals surface area contributed by atoms with Crippen LogP contribution in [0.2, 0.25) is 0 Å². The molecule has 0 saturated carbocycles. The van der Waals surface area contributed by atoms with E-state index in [-0.39, 0.29) is 0 Å². The molecule has 0 aliphatic heterocycles. The number of anilines is 1. The summed E-state index contributed by atoms with van der Waals surface area (Å²) in [5.41, 5.74) is 2.12. The summed E-state index contributed by atoms with van der Waals surface area (Å²) < 4.78 is 5.53. The van der Waals surface area contributed by atoms with Crippen molar-refractivity contribution in [3.8, 4) is 5.75 Å². The normalized spacial score (nSPS) is 10.1. The molecule has 2 aromatic rings. The van der Waals surface area contributed by atoms with Gasteiger partial charge in [0.05, 0.1) is 6.61 Å². The van der Waals surface area contributed by atoms with Crippen molar-refractivity contribution >= 4 is 5.69 Å². The molecule has 0 saturated heterocycles. The number of ether oxygens (including phenoxy) is 1. The fraction of sp³-hybridized carbons (Fsp3) is 0.286. The Morgan fingerprint density at radius 2 is 1.83 bits per heavy atom. The smallest absolute Gasteiger partial charge is 0.119 e. The molecule has 4 nitrogen and oxygen atoms in total. The molecular formula is C14H17N3O. The first-order valence-electron chi connectivity index (χ1n) is 6.09. The highest BCUT2D eigenvalue weighted by atomic mass is 16.5. The lowest BCUT2D eigenvalue weighted by Crippen LogP contribution is -2.00. The van der Waals surface area contributed by atoms with Gasteiger partial charge in [-0.15, -0.1) is 0 Å². The molecule has 0 aliphatic rings. The minimum atomic E-state index is 0.718. The molecule has 1 heterocycles. The van der Waals surface area contributed by atoms with Gasteiger partial charge >= 0.3 is 0 Å². The predicted octanol–water partition coefficient (Wildman–Crippen LogP) is 2.88. The second kappa shape index (κ2) is 6.59. The van der Waals surface area contributed by atoms with Gasteiger partial charge in [-0.1, -0.05) is 6.92 Å². The lowest BCUT2D eigenvalue weighted by atomic mass is 10.3. The van der Waals surface area contributed by atoms with E-state index in [4.69, 9.17) is 4.74 Å². The molecule has 1 aromatic heterocycles. The molecule has 18 heavy (non-hydrogen) atoms. The van der Waals surface area contributed by atoms with Crippen molar-refractivity contribution < 1.29 is 4.74 Å². The van der Waals surface area contributed by atoms with Gasteiger partial charge in [0.15, 0.2) is 0 Å². The van der Waals surface area contributed by atoms with Crippen LogP contribution >= 0.6 is 0 Å². The van der Waals surface area contributed by atoms with Crippen LogP contribution in [-0.2, 0) is 6.54 Å². The van der Waals surface area contributed by atoms with Gasteiger partial charge in [0, 0.05) is 30.2 Å². The SMILES string of the molecule is CCCOc1ccc(NCc2cncnc2)cc1. The molecule has 0 bridgehead atoms. The molecule has 0 fully saturated rings. The largest absolute Gasteiger partial charge is 0.494 e. The highest BCUT2D eigenvalue weighted by Gasteiger charge is 1.96. The van der Waals surface area contributed by atoms with Crippen molar-refractivity contribution in [3.05, 3.63) is 48.5 Å². The van der Waals surface area contributed by atoms with Crippen LogP contribution in [0, 0.1) is 0 Å². The van der Waals surface area contributed by atoms with Gasteiger partial charge in [0.25, 0.3) is 0 Å². The minimum Gasteiger partial charge on any atom is -0.494 e. The minimum absolute atomic E-state index is 0.718. The monoisotopic (exact) mass is 243 g/mol. The summed E-state index contributed by atoms with van der Waals surface area (Å²) in [6.45, 7) is 3.57. The van der Waals surface area contributed by atoms with E-state index in [0.717, 1.165) is 36.6 Å².